The Labute approximate surface area is 217 Å². The molecule has 6 bridgehead atoms. The smallest absolute Gasteiger partial charge is 0.409 e. The molecule has 9 heteroatoms. The third-order valence-corrected chi connectivity index (χ3v) is 7.73. The molecule has 0 spiro atoms. The first kappa shape index (κ1) is 26.5. The largest absolute Gasteiger partial charge is 0.495 e. The quantitative estimate of drug-likeness (QED) is 0.561. The van der Waals surface area contributed by atoms with Crippen LogP contribution >= 0.6 is 11.6 Å². The first-order chi connectivity index (χ1) is 16.9. The maximum atomic E-state index is 13.2. The lowest BCUT2D eigenvalue weighted by atomic mass is 9.73. The summed E-state index contributed by atoms with van der Waals surface area (Å²) < 4.78 is 17.3. The van der Waals surface area contributed by atoms with E-state index < -0.39 is 29.1 Å². The van der Waals surface area contributed by atoms with Gasteiger partial charge in [-0.2, -0.15) is 0 Å². The van der Waals surface area contributed by atoms with Gasteiger partial charge in [0, 0.05) is 32.7 Å². The summed E-state index contributed by atoms with van der Waals surface area (Å²) in [6, 6.07) is 3.79. The van der Waals surface area contributed by atoms with Crippen molar-refractivity contribution < 1.29 is 28.9 Å². The number of nitrogens with zero attached hydrogens (tertiary/aromatic N) is 1. The molecule has 0 aliphatic carbocycles. The van der Waals surface area contributed by atoms with E-state index in [-0.39, 0.29) is 25.2 Å². The minimum Gasteiger partial charge on any atom is -0.495 e. The number of halogens is 1. The lowest BCUT2D eigenvalue weighted by molar-refractivity contribution is -0.302. The molecular weight excluding hydrogens is 484 g/mol. The van der Waals surface area contributed by atoms with Gasteiger partial charge >= 0.3 is 6.09 Å². The zero-order valence-corrected chi connectivity index (χ0v) is 22.3. The molecule has 1 aromatic rings. The Bertz CT molecular complexity index is 1110. The Morgan fingerprint density at radius 3 is 2.69 bits per heavy atom. The van der Waals surface area contributed by atoms with E-state index >= 15 is 0 Å². The maximum absolute atomic E-state index is 13.2. The van der Waals surface area contributed by atoms with Crippen molar-refractivity contribution in [2.75, 3.05) is 19.1 Å². The highest BCUT2D eigenvalue weighted by Gasteiger charge is 2.58. The number of fused-ring (bicyclic) bond motifs is 6. The lowest BCUT2D eigenvalue weighted by Gasteiger charge is -2.57. The second kappa shape index (κ2) is 9.72. The van der Waals surface area contributed by atoms with Gasteiger partial charge < -0.3 is 24.2 Å². The zero-order valence-electron chi connectivity index (χ0n) is 21.5. The summed E-state index contributed by atoms with van der Waals surface area (Å²) in [6.45, 7) is 5.83. The van der Waals surface area contributed by atoms with Crippen LogP contribution in [0.25, 0.3) is 0 Å². The molecule has 4 heterocycles. The standard InChI is InChI=1S/C27H35ClN2O6/c1-17-8-6-7-10-27(33)15-21(35-24(32)29-27)26(3)16-25(2,36-26)11-9-22(31)30(4)19-13-18(12-17)14-20(34-5)23(19)28/h6-8,13-14,21,33H,9-12,15-16H2,1-5H3,(H,29,32)/b7-6+,17-8+/t21-,25-,26-,27+/m0/s1. The number of nitrogens with one attached hydrogen (secondary N) is 1. The number of anilines is 1. The van der Waals surface area contributed by atoms with E-state index in [2.05, 4.69) is 5.32 Å². The third kappa shape index (κ3) is 5.41. The van der Waals surface area contributed by atoms with Crippen molar-refractivity contribution in [1.29, 1.82) is 0 Å². The van der Waals surface area contributed by atoms with Gasteiger partial charge in [-0.3, -0.25) is 10.1 Å². The van der Waals surface area contributed by atoms with E-state index in [4.69, 9.17) is 25.8 Å². The van der Waals surface area contributed by atoms with Gasteiger partial charge in [0.25, 0.3) is 0 Å². The fourth-order valence-corrected chi connectivity index (χ4v) is 5.83. The second-order valence-electron chi connectivity index (χ2n) is 10.7. The number of rotatable bonds is 1. The number of hydrogen-bond donors (Lipinski definition) is 2. The zero-order chi connectivity index (χ0) is 26.3. The number of ether oxygens (including phenoxy) is 3. The van der Waals surface area contributed by atoms with E-state index in [9.17, 15) is 14.7 Å². The van der Waals surface area contributed by atoms with Crippen molar-refractivity contribution in [1.82, 2.24) is 5.32 Å². The summed E-state index contributed by atoms with van der Waals surface area (Å²) in [4.78, 5) is 27.0. The number of benzene rings is 1. The molecule has 2 amide bonds. The van der Waals surface area contributed by atoms with Crippen LogP contribution in [0, 0.1) is 0 Å². The summed E-state index contributed by atoms with van der Waals surface area (Å²) in [5.41, 5.74) is -0.123. The van der Waals surface area contributed by atoms with E-state index in [1.807, 2.05) is 51.1 Å². The summed E-state index contributed by atoms with van der Waals surface area (Å²) in [5.74, 6) is 0.415. The lowest BCUT2D eigenvalue weighted by Crippen LogP contribution is -2.68. The van der Waals surface area contributed by atoms with E-state index in [0.717, 1.165) is 11.1 Å². The Morgan fingerprint density at radius 2 is 2.00 bits per heavy atom. The van der Waals surface area contributed by atoms with Crippen molar-refractivity contribution in [3.8, 4) is 5.75 Å². The molecular formula is C27H35ClN2O6. The first-order valence-corrected chi connectivity index (χ1v) is 12.6. The van der Waals surface area contributed by atoms with Crippen LogP contribution in [0.5, 0.6) is 5.75 Å². The average molecular weight is 519 g/mol. The summed E-state index contributed by atoms with van der Waals surface area (Å²) in [5, 5.41) is 14.0. The molecule has 5 rings (SSSR count). The van der Waals surface area contributed by atoms with Gasteiger partial charge in [-0.15, -0.1) is 0 Å². The Hall–Kier alpha value is -2.55. The van der Waals surface area contributed by atoms with Gasteiger partial charge in [-0.05, 0) is 51.3 Å². The topological polar surface area (TPSA) is 97.3 Å². The van der Waals surface area contributed by atoms with Crippen LogP contribution in [0.3, 0.4) is 0 Å². The van der Waals surface area contributed by atoms with Gasteiger partial charge in [-0.1, -0.05) is 35.4 Å². The maximum Gasteiger partial charge on any atom is 0.409 e. The molecule has 0 aromatic heterocycles. The molecule has 1 aromatic carbocycles. The number of carbonyl (C=O) groups excluding carboxylic acids is 2. The minimum absolute atomic E-state index is 0.0923. The van der Waals surface area contributed by atoms with Crippen LogP contribution in [0.2, 0.25) is 5.02 Å². The average Bonchev–Trinajstić information content (AvgIpc) is 2.78. The number of aliphatic hydroxyl groups is 1. The molecule has 0 radical (unpaired) electrons. The highest BCUT2D eigenvalue weighted by molar-refractivity contribution is 6.35. The van der Waals surface area contributed by atoms with Gasteiger partial charge in [0.1, 0.15) is 28.2 Å². The van der Waals surface area contributed by atoms with Crippen molar-refractivity contribution >= 4 is 29.3 Å². The monoisotopic (exact) mass is 518 g/mol. The van der Waals surface area contributed by atoms with Crippen molar-refractivity contribution in [2.24, 2.45) is 0 Å². The molecule has 8 nitrogen and oxygen atoms in total. The Kier molecular flexibility index (Phi) is 7.16. The number of carbonyl (C=O) groups is 2. The van der Waals surface area contributed by atoms with Crippen LogP contribution < -0.4 is 15.0 Å². The summed E-state index contributed by atoms with van der Waals surface area (Å²) >= 11 is 6.59. The highest BCUT2D eigenvalue weighted by Crippen LogP contribution is 2.49. The van der Waals surface area contributed by atoms with Gasteiger partial charge in [-0.25, -0.2) is 4.79 Å². The second-order valence-corrected chi connectivity index (χ2v) is 11.1. The van der Waals surface area contributed by atoms with Gasteiger partial charge in [0.2, 0.25) is 5.91 Å². The molecule has 4 aliphatic heterocycles. The van der Waals surface area contributed by atoms with Gasteiger partial charge in [0.05, 0.1) is 18.4 Å². The van der Waals surface area contributed by atoms with E-state index in [1.54, 1.807) is 19.1 Å². The molecule has 36 heavy (non-hydrogen) atoms. The Morgan fingerprint density at radius 1 is 1.28 bits per heavy atom. The fraction of sp³-hybridized carbons (Fsp3) is 0.556. The molecule has 0 unspecified atom stereocenters. The Balaban J connectivity index is 1.67. The predicted octanol–water partition coefficient (Wildman–Crippen LogP) is 4.67. The number of alkyl carbamates (subject to hydrolysis) is 1. The molecule has 0 saturated carbocycles. The summed E-state index contributed by atoms with van der Waals surface area (Å²) in [7, 11) is 3.27. The van der Waals surface area contributed by atoms with E-state index in [0.29, 0.717) is 35.7 Å². The van der Waals surface area contributed by atoms with Crippen LogP contribution in [0.1, 0.15) is 58.4 Å². The SMILES string of the molecule is COc1cc2cc(c1Cl)N(C)C(=O)CC[C@@]1(C)C[C@](C)(O1)[C@@H]1C[C@](O)(C/C=C/C=C(\C)C2)NC(=O)O1. The van der Waals surface area contributed by atoms with Crippen molar-refractivity contribution in [3.05, 3.63) is 46.5 Å². The molecule has 196 valence electrons. The van der Waals surface area contributed by atoms with E-state index in [1.165, 1.54) is 0 Å². The molecule has 2 saturated heterocycles. The van der Waals surface area contributed by atoms with Crippen LogP contribution in [-0.4, -0.2) is 54.3 Å². The fourth-order valence-electron chi connectivity index (χ4n) is 5.52. The molecule has 2 fully saturated rings. The molecule has 4 atom stereocenters. The summed E-state index contributed by atoms with van der Waals surface area (Å²) in [6.07, 6.45) is 6.75. The number of hydrogen-bond acceptors (Lipinski definition) is 6. The number of allylic oxidation sites excluding steroid dienone is 3. The number of methoxy groups -OCH3 is 1. The molecule has 2 N–H and O–H groups in total. The number of amides is 2. The predicted molar refractivity (Wildman–Crippen MR) is 137 cm³/mol. The highest BCUT2D eigenvalue weighted by atomic mass is 35.5. The van der Waals surface area contributed by atoms with Crippen molar-refractivity contribution in [3.63, 3.8) is 0 Å². The third-order valence-electron chi connectivity index (χ3n) is 7.35. The van der Waals surface area contributed by atoms with Crippen molar-refractivity contribution in [2.45, 2.75) is 82.3 Å². The normalized spacial score (nSPS) is 35.6. The van der Waals surface area contributed by atoms with Crippen LogP contribution in [0.15, 0.2) is 35.9 Å². The first-order valence-electron chi connectivity index (χ1n) is 12.2. The van der Waals surface area contributed by atoms with Crippen LogP contribution in [-0.2, 0) is 20.7 Å². The van der Waals surface area contributed by atoms with Gasteiger partial charge in [0.15, 0.2) is 0 Å². The minimum atomic E-state index is -1.43. The molecule has 4 aliphatic rings. The van der Waals surface area contributed by atoms with Crippen LogP contribution in [0.4, 0.5) is 10.5 Å².